The van der Waals surface area contributed by atoms with Crippen molar-refractivity contribution in [2.75, 3.05) is 0 Å². The van der Waals surface area contributed by atoms with Crippen LogP contribution in [0.1, 0.15) is 21.9 Å². The van der Waals surface area contributed by atoms with Gasteiger partial charge >= 0.3 is 0 Å². The Morgan fingerprint density at radius 1 is 0.368 bits per heavy atom. The third kappa shape index (κ3) is 4.94. The number of hydrogen-bond acceptors (Lipinski definition) is 4. The van der Waals surface area contributed by atoms with E-state index >= 15 is 0 Å². The molecule has 0 radical (unpaired) electrons. The van der Waals surface area contributed by atoms with Gasteiger partial charge in [-0.25, -0.2) is 0 Å². The van der Waals surface area contributed by atoms with E-state index in [0.29, 0.717) is 11.1 Å². The van der Waals surface area contributed by atoms with Crippen molar-refractivity contribution in [1.29, 1.82) is 0 Å². The second-order valence-corrected chi connectivity index (χ2v) is 13.3. The van der Waals surface area contributed by atoms with E-state index in [4.69, 9.17) is 35.8 Å². The predicted molar refractivity (Wildman–Crippen MR) is 232 cm³/mol. The maximum Gasteiger partial charge on any atom is 0.240 e. The average Bonchev–Trinajstić information content (AvgIpc) is 4.10. The number of fused-ring (bicyclic) bond motifs is 9. The van der Waals surface area contributed by atoms with Crippen molar-refractivity contribution in [1.82, 2.24) is 24.1 Å². The second kappa shape index (κ2) is 12.3. The van der Waals surface area contributed by atoms with Gasteiger partial charge in [-0.05, 0) is 76.8 Å². The second-order valence-electron chi connectivity index (χ2n) is 13.3. The zero-order valence-electron chi connectivity index (χ0n) is 45.3. The maximum atomic E-state index is 9.20. The Hall–Kier alpha value is -7.83. The van der Waals surface area contributed by atoms with E-state index in [0.717, 1.165) is 47.8 Å². The van der Waals surface area contributed by atoms with Gasteiger partial charge in [0.2, 0.25) is 11.9 Å². The van der Waals surface area contributed by atoms with E-state index in [1.807, 2.05) is 72.8 Å². The molecule has 0 unspecified atom stereocenters. The highest BCUT2D eigenvalue weighted by molar-refractivity contribution is 6.10. The van der Waals surface area contributed by atoms with Crippen molar-refractivity contribution in [3.05, 3.63) is 188 Å². The van der Waals surface area contributed by atoms with Gasteiger partial charge in [-0.3, -0.25) is 9.13 Å². The van der Waals surface area contributed by atoms with E-state index in [-0.39, 0.29) is 49.4 Å². The zero-order valence-corrected chi connectivity index (χ0v) is 29.3. The summed E-state index contributed by atoms with van der Waals surface area (Å²) in [6, 6.07) is 18.1. The standard InChI is InChI=1S/C51H31N5O/c1-6-22-43-37(17-1)38-18-2-7-23-44(38)55(43)50-52-49(53-51(54-50)56-45-24-8-3-19-39(45)40-20-4-9-25-46(40)56)36-16-12-15-34(30-36)32-13-11-14-33(29-32)35-27-28-42-41-21-5-10-26-47(41)57-48(42)31-35/h1-31H/i1D,2D,3D,4D,6D,7D,8D,9D,17D,18D,19D,20D,22D,23D,24D,25D. The summed E-state index contributed by atoms with van der Waals surface area (Å²) in [6.45, 7) is 0. The molecule has 0 saturated carbocycles. The molecule has 0 fully saturated rings. The molecule has 12 aromatic rings. The Balaban J connectivity index is 1.17. The first kappa shape index (κ1) is 19.7. The number of hydrogen-bond donors (Lipinski definition) is 0. The third-order valence-electron chi connectivity index (χ3n) is 10.1. The van der Waals surface area contributed by atoms with Crippen LogP contribution in [0.4, 0.5) is 0 Å². The van der Waals surface area contributed by atoms with Gasteiger partial charge in [-0.15, -0.1) is 0 Å². The molecule has 0 aliphatic rings. The first-order valence-corrected chi connectivity index (χ1v) is 17.8. The lowest BCUT2D eigenvalue weighted by molar-refractivity contribution is 0.669. The molecule has 8 aromatic carbocycles. The summed E-state index contributed by atoms with van der Waals surface area (Å²) in [5, 5.41) is 0.910. The van der Waals surface area contributed by atoms with Gasteiger partial charge < -0.3 is 4.42 Å². The molecule has 0 amide bonds. The molecule has 6 heteroatoms. The molecule has 57 heavy (non-hydrogen) atoms. The van der Waals surface area contributed by atoms with Gasteiger partial charge in [0.05, 0.1) is 44.0 Å². The average molecular weight is 746 g/mol. The van der Waals surface area contributed by atoms with Crippen molar-refractivity contribution < 1.29 is 26.3 Å². The molecule has 266 valence electrons. The lowest BCUT2D eigenvalue weighted by atomic mass is 9.97. The summed E-state index contributed by atoms with van der Waals surface area (Å²) in [4.78, 5) is 14.5. The minimum Gasteiger partial charge on any atom is -0.456 e. The van der Waals surface area contributed by atoms with Gasteiger partial charge in [0.1, 0.15) is 11.2 Å². The van der Waals surface area contributed by atoms with Crippen LogP contribution >= 0.6 is 0 Å². The van der Waals surface area contributed by atoms with E-state index in [2.05, 4.69) is 0 Å². The van der Waals surface area contributed by atoms with E-state index in [1.54, 1.807) is 18.2 Å². The van der Waals surface area contributed by atoms with E-state index < -0.39 is 109 Å². The van der Waals surface area contributed by atoms with Crippen LogP contribution in [-0.2, 0) is 0 Å². The number of furan rings is 1. The quantitative estimate of drug-likeness (QED) is 0.176. The minimum atomic E-state index is -0.701. The highest BCUT2D eigenvalue weighted by atomic mass is 16.3. The van der Waals surface area contributed by atoms with Crippen molar-refractivity contribution in [2.24, 2.45) is 0 Å². The van der Waals surface area contributed by atoms with Gasteiger partial charge in [0.25, 0.3) is 0 Å². The van der Waals surface area contributed by atoms with E-state index in [1.165, 1.54) is 0 Å². The summed E-state index contributed by atoms with van der Waals surface area (Å²) in [7, 11) is 0. The first-order valence-electron chi connectivity index (χ1n) is 25.8. The number of rotatable bonds is 5. The fourth-order valence-corrected chi connectivity index (χ4v) is 7.55. The molecule has 4 heterocycles. The fraction of sp³-hybridized carbons (Fsp3) is 0. The van der Waals surface area contributed by atoms with Gasteiger partial charge in [0.15, 0.2) is 5.82 Å². The maximum absolute atomic E-state index is 9.20. The van der Waals surface area contributed by atoms with Crippen LogP contribution in [0.15, 0.2) is 192 Å². The largest absolute Gasteiger partial charge is 0.456 e. The van der Waals surface area contributed by atoms with Crippen LogP contribution in [0.2, 0.25) is 0 Å². The van der Waals surface area contributed by atoms with Crippen molar-refractivity contribution in [3.63, 3.8) is 0 Å². The lowest BCUT2D eigenvalue weighted by Gasteiger charge is -2.13. The van der Waals surface area contributed by atoms with Gasteiger partial charge in [-0.1, -0.05) is 133 Å². The Kier molecular flexibility index (Phi) is 4.26. The number of aromatic nitrogens is 5. The van der Waals surface area contributed by atoms with Gasteiger partial charge in [0, 0.05) is 37.9 Å². The van der Waals surface area contributed by atoms with Crippen molar-refractivity contribution in [3.8, 4) is 45.5 Å². The molecule has 0 saturated heterocycles. The summed E-state index contributed by atoms with van der Waals surface area (Å²) >= 11 is 0. The van der Waals surface area contributed by atoms with Crippen LogP contribution in [-0.4, -0.2) is 24.1 Å². The smallest absolute Gasteiger partial charge is 0.240 e. The SMILES string of the molecule is [2H]c1c([2H])c([2H])c2c(c1[2H])c1c([2H])c([2H])c([2H])c([2H])c1n2-c1nc(-c2cccc(-c3cccc(-c4ccc5c(c4)oc4ccccc45)c3)c2)nc(-n2c3c([2H])c([2H])c([2H])c([2H])c3c3c([2H])c([2H])c([2H])c([2H])c32)n1. The minimum absolute atomic E-state index is 0.151. The molecule has 4 aromatic heterocycles. The lowest BCUT2D eigenvalue weighted by Crippen LogP contribution is -2.10. The Morgan fingerprint density at radius 2 is 0.807 bits per heavy atom. The summed E-state index contributed by atoms with van der Waals surface area (Å²) in [6.07, 6.45) is 0. The molecule has 0 spiro atoms. The van der Waals surface area contributed by atoms with Crippen LogP contribution < -0.4 is 0 Å². The van der Waals surface area contributed by atoms with Crippen LogP contribution in [0.3, 0.4) is 0 Å². The highest BCUT2D eigenvalue weighted by Gasteiger charge is 2.20. The number of nitrogens with zero attached hydrogens (tertiary/aromatic N) is 5. The molecule has 12 rings (SSSR count). The molecular formula is C51H31N5O. The molecule has 0 aliphatic heterocycles. The predicted octanol–water partition coefficient (Wildman–Crippen LogP) is 13.0. The highest BCUT2D eigenvalue weighted by Crippen LogP contribution is 2.37. The topological polar surface area (TPSA) is 61.7 Å². The molecule has 0 bridgehead atoms. The van der Waals surface area contributed by atoms with Crippen LogP contribution in [0, 0.1) is 0 Å². The third-order valence-corrected chi connectivity index (χ3v) is 10.1. The fourth-order valence-electron chi connectivity index (χ4n) is 7.55. The Bertz CT molecular complexity index is 4150. The van der Waals surface area contributed by atoms with Gasteiger partial charge in [-0.2, -0.15) is 15.0 Å². The first-order chi connectivity index (χ1) is 34.9. The monoisotopic (exact) mass is 745 g/mol. The van der Waals surface area contributed by atoms with Crippen molar-refractivity contribution >= 4 is 65.6 Å². The summed E-state index contributed by atoms with van der Waals surface area (Å²) < 4.78 is 150. The van der Waals surface area contributed by atoms with Crippen LogP contribution in [0.25, 0.3) is 111 Å². The Labute approximate surface area is 349 Å². The summed E-state index contributed by atoms with van der Waals surface area (Å²) in [5.74, 6) is -1.10. The molecule has 0 N–H and O–H groups in total. The molecule has 0 atom stereocenters. The Morgan fingerprint density at radius 3 is 1.35 bits per heavy atom. The number of benzene rings is 8. The van der Waals surface area contributed by atoms with Crippen LogP contribution in [0.5, 0.6) is 0 Å². The van der Waals surface area contributed by atoms with Crippen molar-refractivity contribution in [2.45, 2.75) is 0 Å². The zero-order chi connectivity index (χ0) is 51.4. The molecule has 0 aliphatic carbocycles. The summed E-state index contributed by atoms with van der Waals surface area (Å²) in [5.41, 5.74) is 3.70. The molecular weight excluding hydrogens is 699 g/mol. The normalized spacial score (nSPS) is 15.8. The van der Waals surface area contributed by atoms with E-state index in [9.17, 15) is 5.48 Å². The number of para-hydroxylation sites is 5. The molecule has 6 nitrogen and oxygen atoms in total.